The first kappa shape index (κ1) is 23.2. The highest BCUT2D eigenvalue weighted by molar-refractivity contribution is 5.47. The second-order valence-electron chi connectivity index (χ2n) is 8.59. The molecule has 0 saturated carbocycles. The van der Waals surface area contributed by atoms with Crippen LogP contribution in [0.4, 0.5) is 0 Å². The third-order valence-electron chi connectivity index (χ3n) is 4.90. The van der Waals surface area contributed by atoms with E-state index < -0.39 is 6.10 Å². The van der Waals surface area contributed by atoms with Gasteiger partial charge in [-0.3, -0.25) is 4.90 Å². The molecule has 0 saturated heterocycles. The normalized spacial score (nSPS) is 14.0. The average Bonchev–Trinajstić information content (AvgIpc) is 3.19. The Labute approximate surface area is 184 Å². The molecule has 0 spiro atoms. The minimum atomic E-state index is -0.634. The van der Waals surface area contributed by atoms with Crippen molar-refractivity contribution in [1.82, 2.24) is 4.90 Å². The number of fused-ring (bicyclic) bond motifs is 1. The van der Waals surface area contributed by atoms with Crippen molar-refractivity contribution in [1.29, 1.82) is 0 Å². The van der Waals surface area contributed by atoms with Gasteiger partial charge in [-0.1, -0.05) is 18.2 Å². The molecule has 0 amide bonds. The lowest BCUT2D eigenvalue weighted by molar-refractivity contribution is -0.0573. The third kappa shape index (κ3) is 6.50. The van der Waals surface area contributed by atoms with Crippen LogP contribution >= 0.6 is 0 Å². The van der Waals surface area contributed by atoms with E-state index >= 15 is 0 Å². The Morgan fingerprint density at radius 1 is 1.03 bits per heavy atom. The van der Waals surface area contributed by atoms with Gasteiger partial charge in [-0.25, -0.2) is 0 Å². The number of aliphatic hydroxyl groups is 1. The predicted octanol–water partition coefficient (Wildman–Crippen LogP) is 3.61. The molecule has 3 rings (SSSR count). The van der Waals surface area contributed by atoms with Gasteiger partial charge in [-0.2, -0.15) is 0 Å². The molecule has 7 heteroatoms. The molecule has 1 heterocycles. The van der Waals surface area contributed by atoms with Crippen molar-refractivity contribution in [3.8, 4) is 23.0 Å². The molecular weight excluding hydrogens is 398 g/mol. The summed E-state index contributed by atoms with van der Waals surface area (Å²) in [5.41, 5.74) is 1.74. The van der Waals surface area contributed by atoms with E-state index in [4.69, 9.17) is 23.7 Å². The largest absolute Gasteiger partial charge is 0.493 e. The fraction of sp³-hybridized carbons (Fsp3) is 0.500. The summed E-state index contributed by atoms with van der Waals surface area (Å²) in [4.78, 5) is 2.16. The Kier molecular flexibility index (Phi) is 7.64. The monoisotopic (exact) mass is 431 g/mol. The van der Waals surface area contributed by atoms with Gasteiger partial charge >= 0.3 is 0 Å². The van der Waals surface area contributed by atoms with E-state index in [1.54, 1.807) is 14.2 Å². The topological polar surface area (TPSA) is 69.6 Å². The fourth-order valence-corrected chi connectivity index (χ4v) is 3.50. The smallest absolute Gasteiger partial charge is 0.231 e. The first-order valence-electron chi connectivity index (χ1n) is 10.4. The number of benzene rings is 2. The maximum absolute atomic E-state index is 10.7. The third-order valence-corrected chi connectivity index (χ3v) is 4.90. The van der Waals surface area contributed by atoms with Crippen molar-refractivity contribution < 1.29 is 28.8 Å². The molecule has 7 nitrogen and oxygen atoms in total. The van der Waals surface area contributed by atoms with Gasteiger partial charge in [0.2, 0.25) is 6.79 Å². The summed E-state index contributed by atoms with van der Waals surface area (Å²) in [6.45, 7) is 8.06. The molecule has 0 fully saturated rings. The summed E-state index contributed by atoms with van der Waals surface area (Å²) in [5, 5.41) is 10.7. The Morgan fingerprint density at radius 3 is 2.52 bits per heavy atom. The first-order chi connectivity index (χ1) is 14.8. The van der Waals surface area contributed by atoms with Crippen LogP contribution in [0.1, 0.15) is 31.9 Å². The molecule has 0 bridgehead atoms. The van der Waals surface area contributed by atoms with E-state index in [0.717, 1.165) is 22.6 Å². The SMILES string of the molecule is COc1cccc(CN(Cc2ccc3c(c2)OCO3)C[C@H](O)COC(C)(C)C)c1OC. The summed E-state index contributed by atoms with van der Waals surface area (Å²) in [6.07, 6.45) is -0.634. The van der Waals surface area contributed by atoms with Crippen molar-refractivity contribution in [2.75, 3.05) is 34.2 Å². The van der Waals surface area contributed by atoms with Crippen molar-refractivity contribution in [2.24, 2.45) is 0 Å². The van der Waals surface area contributed by atoms with Crippen molar-refractivity contribution in [3.05, 3.63) is 47.5 Å². The summed E-state index contributed by atoms with van der Waals surface area (Å²) < 4.78 is 27.7. The average molecular weight is 432 g/mol. The molecule has 170 valence electrons. The van der Waals surface area contributed by atoms with Gasteiger partial charge in [-0.15, -0.1) is 0 Å². The number of rotatable bonds is 10. The highest BCUT2D eigenvalue weighted by atomic mass is 16.7. The van der Waals surface area contributed by atoms with Crippen LogP contribution in [0, 0.1) is 0 Å². The van der Waals surface area contributed by atoms with Crippen LogP contribution in [0.5, 0.6) is 23.0 Å². The maximum atomic E-state index is 10.7. The molecule has 2 aromatic carbocycles. The zero-order chi connectivity index (χ0) is 22.4. The van der Waals surface area contributed by atoms with Crippen molar-refractivity contribution >= 4 is 0 Å². The van der Waals surface area contributed by atoms with E-state index in [0.29, 0.717) is 31.1 Å². The number of aliphatic hydroxyl groups excluding tert-OH is 1. The molecule has 31 heavy (non-hydrogen) atoms. The lowest BCUT2D eigenvalue weighted by atomic mass is 10.1. The number of nitrogens with zero attached hydrogens (tertiary/aromatic N) is 1. The van der Waals surface area contributed by atoms with Crippen LogP contribution in [0.3, 0.4) is 0 Å². The number of methoxy groups -OCH3 is 2. The predicted molar refractivity (Wildman–Crippen MR) is 118 cm³/mol. The van der Waals surface area contributed by atoms with Gasteiger partial charge < -0.3 is 28.8 Å². The van der Waals surface area contributed by atoms with Crippen molar-refractivity contribution in [2.45, 2.75) is 45.6 Å². The van der Waals surface area contributed by atoms with Crippen LogP contribution in [-0.2, 0) is 17.8 Å². The summed E-state index contributed by atoms with van der Waals surface area (Å²) in [6, 6.07) is 11.7. The molecule has 1 atom stereocenters. The summed E-state index contributed by atoms with van der Waals surface area (Å²) >= 11 is 0. The van der Waals surface area contributed by atoms with E-state index in [-0.39, 0.29) is 19.0 Å². The highest BCUT2D eigenvalue weighted by Crippen LogP contribution is 2.34. The van der Waals surface area contributed by atoms with Crippen LogP contribution in [0.15, 0.2) is 36.4 Å². The minimum Gasteiger partial charge on any atom is -0.493 e. The second-order valence-corrected chi connectivity index (χ2v) is 8.59. The van der Waals surface area contributed by atoms with Crippen LogP contribution < -0.4 is 18.9 Å². The molecule has 0 unspecified atom stereocenters. The standard InChI is InChI=1S/C24H33NO6/c1-24(2,3)31-15-19(26)14-25(12-17-9-10-20-22(11-17)30-16-29-20)13-18-7-6-8-21(27-4)23(18)28-5/h6-11,19,26H,12-16H2,1-5H3/t19-/m0/s1. The van der Waals surface area contributed by atoms with Crippen LogP contribution in [0.2, 0.25) is 0 Å². The van der Waals surface area contributed by atoms with E-state index in [1.165, 1.54) is 0 Å². The molecule has 0 aliphatic carbocycles. The zero-order valence-electron chi connectivity index (χ0n) is 19.0. The number of para-hydroxylation sites is 1. The van der Waals surface area contributed by atoms with E-state index in [2.05, 4.69) is 4.90 Å². The summed E-state index contributed by atoms with van der Waals surface area (Å²) in [5.74, 6) is 2.87. The Balaban J connectivity index is 1.78. The van der Waals surface area contributed by atoms with Gasteiger partial charge in [-0.05, 0) is 44.5 Å². The molecule has 0 aromatic heterocycles. The quantitative estimate of drug-likeness (QED) is 0.616. The Hall–Kier alpha value is -2.48. The number of ether oxygens (including phenoxy) is 5. The van der Waals surface area contributed by atoms with Gasteiger partial charge in [0.15, 0.2) is 23.0 Å². The molecule has 1 N–H and O–H groups in total. The lowest BCUT2D eigenvalue weighted by Gasteiger charge is -2.28. The lowest BCUT2D eigenvalue weighted by Crippen LogP contribution is -2.36. The molecule has 0 radical (unpaired) electrons. The van der Waals surface area contributed by atoms with Crippen LogP contribution in [0.25, 0.3) is 0 Å². The molecule has 2 aromatic rings. The van der Waals surface area contributed by atoms with E-state index in [9.17, 15) is 5.11 Å². The van der Waals surface area contributed by atoms with Gasteiger partial charge in [0.1, 0.15) is 0 Å². The minimum absolute atomic E-state index is 0.242. The first-order valence-corrected chi connectivity index (χ1v) is 10.4. The van der Waals surface area contributed by atoms with Gasteiger partial charge in [0, 0.05) is 25.2 Å². The number of hydrogen-bond donors (Lipinski definition) is 1. The Bertz CT molecular complexity index is 864. The van der Waals surface area contributed by atoms with Crippen LogP contribution in [-0.4, -0.2) is 55.9 Å². The van der Waals surface area contributed by atoms with Crippen molar-refractivity contribution in [3.63, 3.8) is 0 Å². The Morgan fingerprint density at radius 2 is 1.81 bits per heavy atom. The number of hydrogen-bond acceptors (Lipinski definition) is 7. The highest BCUT2D eigenvalue weighted by Gasteiger charge is 2.20. The fourth-order valence-electron chi connectivity index (χ4n) is 3.50. The zero-order valence-corrected chi connectivity index (χ0v) is 19.0. The van der Waals surface area contributed by atoms with E-state index in [1.807, 2.05) is 57.2 Å². The maximum Gasteiger partial charge on any atom is 0.231 e. The summed E-state index contributed by atoms with van der Waals surface area (Å²) in [7, 11) is 3.26. The molecule has 1 aliphatic heterocycles. The van der Waals surface area contributed by atoms with Gasteiger partial charge in [0.05, 0.1) is 32.5 Å². The van der Waals surface area contributed by atoms with Gasteiger partial charge in [0.25, 0.3) is 0 Å². The molecular formula is C24H33NO6. The molecule has 1 aliphatic rings. The second kappa shape index (κ2) is 10.2.